The summed E-state index contributed by atoms with van der Waals surface area (Å²) in [6, 6.07) is 19.5. The number of carbonyl (C=O) groups excluding carboxylic acids is 1. The molecule has 3 aromatic rings. The van der Waals surface area contributed by atoms with E-state index in [2.05, 4.69) is 10.0 Å². The van der Waals surface area contributed by atoms with Crippen LogP contribution in [-0.2, 0) is 10.0 Å². The Morgan fingerprint density at radius 2 is 1.71 bits per heavy atom. The molecule has 7 heteroatoms. The van der Waals surface area contributed by atoms with E-state index >= 15 is 0 Å². The van der Waals surface area contributed by atoms with Gasteiger partial charge in [0.1, 0.15) is 4.90 Å². The van der Waals surface area contributed by atoms with Crippen molar-refractivity contribution in [2.75, 3.05) is 11.3 Å². The number of anilines is 1. The Balaban J connectivity index is 1.78. The van der Waals surface area contributed by atoms with Crippen LogP contribution in [0.2, 0.25) is 5.02 Å². The summed E-state index contributed by atoms with van der Waals surface area (Å²) in [5, 5.41) is 2.91. The fourth-order valence-corrected chi connectivity index (χ4v) is 4.88. The number of hydrogen-bond acceptors (Lipinski definition) is 3. The van der Waals surface area contributed by atoms with Crippen molar-refractivity contribution in [2.45, 2.75) is 31.6 Å². The molecular weight excluding hydrogens is 432 g/mol. The summed E-state index contributed by atoms with van der Waals surface area (Å²) in [4.78, 5) is 12.5. The van der Waals surface area contributed by atoms with Gasteiger partial charge < -0.3 is 5.32 Å². The van der Waals surface area contributed by atoms with E-state index in [-0.39, 0.29) is 27.3 Å². The van der Waals surface area contributed by atoms with Crippen molar-refractivity contribution < 1.29 is 13.2 Å². The highest BCUT2D eigenvalue weighted by Gasteiger charge is 2.21. The molecular formula is C24H25ClN2O3S. The van der Waals surface area contributed by atoms with E-state index < -0.39 is 10.0 Å². The van der Waals surface area contributed by atoms with Crippen LogP contribution >= 0.6 is 11.6 Å². The highest BCUT2D eigenvalue weighted by atomic mass is 35.5. The van der Waals surface area contributed by atoms with Crippen LogP contribution < -0.4 is 10.0 Å². The molecule has 31 heavy (non-hydrogen) atoms. The summed E-state index contributed by atoms with van der Waals surface area (Å²) in [5.41, 5.74) is 3.63. The number of rotatable bonds is 7. The Kier molecular flexibility index (Phi) is 7.03. The van der Waals surface area contributed by atoms with Crippen molar-refractivity contribution >= 4 is 33.2 Å². The zero-order chi connectivity index (χ0) is 22.6. The Bertz CT molecular complexity index is 1190. The quantitative estimate of drug-likeness (QED) is 0.507. The van der Waals surface area contributed by atoms with Gasteiger partial charge in [-0.1, -0.05) is 66.6 Å². The van der Waals surface area contributed by atoms with Gasteiger partial charge in [-0.05, 0) is 55.2 Å². The van der Waals surface area contributed by atoms with Crippen molar-refractivity contribution in [3.8, 4) is 0 Å². The van der Waals surface area contributed by atoms with Crippen LogP contribution in [0.4, 0.5) is 5.69 Å². The van der Waals surface area contributed by atoms with E-state index in [0.29, 0.717) is 12.2 Å². The molecule has 0 saturated carbocycles. The molecule has 1 amide bonds. The molecule has 1 atom stereocenters. The summed E-state index contributed by atoms with van der Waals surface area (Å²) in [7, 11) is -3.97. The van der Waals surface area contributed by atoms with Crippen LogP contribution in [0.3, 0.4) is 0 Å². The number of carbonyl (C=O) groups is 1. The van der Waals surface area contributed by atoms with Crippen molar-refractivity contribution in [2.24, 2.45) is 0 Å². The summed E-state index contributed by atoms with van der Waals surface area (Å²) >= 11 is 6.17. The van der Waals surface area contributed by atoms with Crippen molar-refractivity contribution in [1.29, 1.82) is 0 Å². The van der Waals surface area contributed by atoms with Gasteiger partial charge in [-0.15, -0.1) is 0 Å². The van der Waals surface area contributed by atoms with Gasteiger partial charge >= 0.3 is 0 Å². The van der Waals surface area contributed by atoms with Crippen LogP contribution in [0.1, 0.15) is 39.9 Å². The predicted molar refractivity (Wildman–Crippen MR) is 125 cm³/mol. The lowest BCUT2D eigenvalue weighted by atomic mass is 10.0. The lowest BCUT2D eigenvalue weighted by molar-refractivity contribution is 0.0951. The van der Waals surface area contributed by atoms with Gasteiger partial charge in [0, 0.05) is 12.1 Å². The van der Waals surface area contributed by atoms with E-state index in [0.717, 1.165) is 16.7 Å². The van der Waals surface area contributed by atoms with E-state index in [1.54, 1.807) is 6.07 Å². The Labute approximate surface area is 188 Å². The Morgan fingerprint density at radius 1 is 1.00 bits per heavy atom. The Hall–Kier alpha value is -2.83. The highest BCUT2D eigenvalue weighted by molar-refractivity contribution is 7.92. The molecule has 0 aliphatic carbocycles. The maximum atomic E-state index is 13.0. The largest absolute Gasteiger partial charge is 0.351 e. The second-order valence-corrected chi connectivity index (χ2v) is 9.65. The summed E-state index contributed by atoms with van der Waals surface area (Å²) in [6.45, 7) is 6.20. The normalized spacial score (nSPS) is 12.3. The molecule has 0 fully saturated rings. The molecule has 0 bridgehead atoms. The number of nitrogens with one attached hydrogen (secondary N) is 2. The zero-order valence-corrected chi connectivity index (χ0v) is 19.2. The lowest BCUT2D eigenvalue weighted by Gasteiger charge is -2.15. The van der Waals surface area contributed by atoms with Crippen LogP contribution in [0.15, 0.2) is 71.6 Å². The smallest absolute Gasteiger partial charge is 0.263 e. The zero-order valence-electron chi connectivity index (χ0n) is 17.6. The van der Waals surface area contributed by atoms with Crippen molar-refractivity contribution in [3.05, 3.63) is 94.0 Å². The molecule has 0 aliphatic heterocycles. The summed E-state index contributed by atoms with van der Waals surface area (Å²) in [6.07, 6.45) is 0. The predicted octanol–water partition coefficient (Wildman–Crippen LogP) is 5.29. The number of aryl methyl sites for hydroxylation is 2. The van der Waals surface area contributed by atoms with Crippen molar-refractivity contribution in [1.82, 2.24) is 5.32 Å². The molecule has 0 aliphatic rings. The molecule has 0 heterocycles. The topological polar surface area (TPSA) is 75.3 Å². The number of hydrogen-bond donors (Lipinski definition) is 2. The van der Waals surface area contributed by atoms with Gasteiger partial charge in [-0.25, -0.2) is 8.42 Å². The SMILES string of the molecule is Cc1ccc(NS(=O)(=O)c2cc(C(=O)NC[C@H](C)c3ccccc3)ccc2Cl)c(C)c1. The minimum atomic E-state index is -3.97. The average Bonchev–Trinajstić information content (AvgIpc) is 2.74. The first-order valence-electron chi connectivity index (χ1n) is 9.90. The van der Waals surface area contributed by atoms with E-state index in [4.69, 9.17) is 11.6 Å². The number of sulfonamides is 1. The molecule has 3 aromatic carbocycles. The number of benzene rings is 3. The van der Waals surface area contributed by atoms with E-state index in [1.165, 1.54) is 18.2 Å². The fourth-order valence-electron chi connectivity index (χ4n) is 3.23. The van der Waals surface area contributed by atoms with Crippen LogP contribution in [0, 0.1) is 13.8 Å². The molecule has 5 nitrogen and oxygen atoms in total. The van der Waals surface area contributed by atoms with Gasteiger partial charge in [-0.2, -0.15) is 0 Å². The Morgan fingerprint density at radius 3 is 2.39 bits per heavy atom. The lowest BCUT2D eigenvalue weighted by Crippen LogP contribution is -2.27. The minimum Gasteiger partial charge on any atom is -0.351 e. The van der Waals surface area contributed by atoms with E-state index in [1.807, 2.05) is 63.2 Å². The van der Waals surface area contributed by atoms with Crippen molar-refractivity contribution in [3.63, 3.8) is 0 Å². The monoisotopic (exact) mass is 456 g/mol. The first-order chi connectivity index (χ1) is 14.7. The molecule has 162 valence electrons. The third kappa shape index (κ3) is 5.66. The summed E-state index contributed by atoms with van der Waals surface area (Å²) < 4.78 is 28.5. The maximum Gasteiger partial charge on any atom is 0.263 e. The second kappa shape index (κ2) is 9.54. The maximum absolute atomic E-state index is 13.0. The van der Waals surface area contributed by atoms with Crippen LogP contribution in [0.25, 0.3) is 0 Å². The third-order valence-electron chi connectivity index (χ3n) is 5.05. The number of amides is 1. The molecule has 0 radical (unpaired) electrons. The van der Waals surface area contributed by atoms with Crippen LogP contribution in [0.5, 0.6) is 0 Å². The number of halogens is 1. The summed E-state index contributed by atoms with van der Waals surface area (Å²) in [5.74, 6) is -0.241. The van der Waals surface area contributed by atoms with E-state index in [9.17, 15) is 13.2 Å². The third-order valence-corrected chi connectivity index (χ3v) is 6.89. The molecule has 2 N–H and O–H groups in total. The fraction of sp³-hybridized carbons (Fsp3) is 0.208. The molecule has 0 unspecified atom stereocenters. The minimum absolute atomic E-state index is 0.0477. The van der Waals surface area contributed by atoms with Gasteiger partial charge in [0.05, 0.1) is 10.7 Å². The van der Waals surface area contributed by atoms with Crippen LogP contribution in [-0.4, -0.2) is 20.9 Å². The van der Waals surface area contributed by atoms with Gasteiger partial charge in [-0.3, -0.25) is 9.52 Å². The molecule has 0 spiro atoms. The standard InChI is InChI=1S/C24H25ClN2O3S/c1-16-9-12-22(17(2)13-16)27-31(29,30)23-14-20(10-11-21(23)25)24(28)26-15-18(3)19-7-5-4-6-8-19/h4-14,18,27H,15H2,1-3H3,(H,26,28)/t18-/m0/s1. The molecule has 3 rings (SSSR count). The van der Waals surface area contributed by atoms with Gasteiger partial charge in [0.2, 0.25) is 0 Å². The first-order valence-corrected chi connectivity index (χ1v) is 11.8. The second-order valence-electron chi connectivity index (χ2n) is 7.59. The highest BCUT2D eigenvalue weighted by Crippen LogP contribution is 2.27. The average molecular weight is 457 g/mol. The molecule has 0 aromatic heterocycles. The van der Waals surface area contributed by atoms with Gasteiger partial charge in [0.25, 0.3) is 15.9 Å². The first kappa shape index (κ1) is 22.8. The van der Waals surface area contributed by atoms with Gasteiger partial charge in [0.15, 0.2) is 0 Å². The molecule has 0 saturated heterocycles.